The molecule has 0 radical (unpaired) electrons. The lowest BCUT2D eigenvalue weighted by atomic mass is 10.2. The van der Waals surface area contributed by atoms with E-state index in [0.29, 0.717) is 0 Å². The molecule has 1 saturated heterocycles. The minimum atomic E-state index is 0. The zero-order valence-corrected chi connectivity index (χ0v) is 13.7. The van der Waals surface area contributed by atoms with Crippen LogP contribution in [0.3, 0.4) is 0 Å². The van der Waals surface area contributed by atoms with Crippen molar-refractivity contribution in [1.82, 2.24) is 15.5 Å². The lowest BCUT2D eigenvalue weighted by Crippen LogP contribution is -2.47. The Bertz CT molecular complexity index is 421. The van der Waals surface area contributed by atoms with E-state index in [1.807, 2.05) is 6.07 Å². The lowest BCUT2D eigenvalue weighted by Gasteiger charge is -2.23. The number of hydrogen-bond acceptors (Lipinski definition) is 3. The molecule has 2 atom stereocenters. The number of nitrogens with zero attached hydrogens (tertiary/aromatic N) is 1. The Kier molecular flexibility index (Phi) is 7.72. The normalized spacial score (nSPS) is 19.1. The molecule has 1 aliphatic rings. The van der Waals surface area contributed by atoms with Crippen LogP contribution in [0.4, 0.5) is 0 Å². The van der Waals surface area contributed by atoms with E-state index in [2.05, 4.69) is 53.8 Å². The lowest BCUT2D eigenvalue weighted by molar-refractivity contribution is -0.123. The van der Waals surface area contributed by atoms with Crippen molar-refractivity contribution in [2.45, 2.75) is 38.4 Å². The van der Waals surface area contributed by atoms with Gasteiger partial charge in [-0.3, -0.25) is 4.79 Å². The highest BCUT2D eigenvalue weighted by molar-refractivity contribution is 5.85. The van der Waals surface area contributed by atoms with E-state index in [1.54, 1.807) is 0 Å². The van der Waals surface area contributed by atoms with Gasteiger partial charge in [0, 0.05) is 19.1 Å². The molecule has 5 heteroatoms. The van der Waals surface area contributed by atoms with Crippen molar-refractivity contribution < 1.29 is 4.79 Å². The molecule has 2 unspecified atom stereocenters. The maximum absolute atomic E-state index is 12.0. The van der Waals surface area contributed by atoms with Gasteiger partial charge in [0.15, 0.2) is 0 Å². The minimum Gasteiger partial charge on any atom is -0.351 e. The van der Waals surface area contributed by atoms with E-state index in [1.165, 1.54) is 5.56 Å². The molecule has 0 aromatic heterocycles. The minimum absolute atomic E-state index is 0. The van der Waals surface area contributed by atoms with Gasteiger partial charge in [-0.2, -0.15) is 0 Å². The number of rotatable bonds is 6. The van der Waals surface area contributed by atoms with Gasteiger partial charge in [0.05, 0.1) is 6.04 Å². The number of hydrogen-bond donors (Lipinski definition) is 2. The Morgan fingerprint density at radius 3 is 2.76 bits per heavy atom. The standard InChI is InChI=1S/C16H25N3O.ClH/c1-13(18-16(20)15-9-6-10-17-15)11-19(2)12-14-7-4-3-5-8-14;/h3-5,7-8,13,15,17H,6,9-12H2,1-2H3,(H,18,20);1H. The predicted octanol–water partition coefficient (Wildman–Crippen LogP) is 1.80. The fourth-order valence-electron chi connectivity index (χ4n) is 2.72. The first-order valence-corrected chi connectivity index (χ1v) is 7.41. The zero-order valence-electron chi connectivity index (χ0n) is 12.8. The summed E-state index contributed by atoms with van der Waals surface area (Å²) in [6, 6.07) is 10.6. The van der Waals surface area contributed by atoms with Crippen LogP contribution in [0.1, 0.15) is 25.3 Å². The van der Waals surface area contributed by atoms with Gasteiger partial charge in [0.25, 0.3) is 0 Å². The number of carbonyl (C=O) groups is 1. The quantitative estimate of drug-likeness (QED) is 0.842. The van der Waals surface area contributed by atoms with Crippen molar-refractivity contribution in [3.63, 3.8) is 0 Å². The van der Waals surface area contributed by atoms with Crippen LogP contribution in [-0.2, 0) is 11.3 Å². The van der Waals surface area contributed by atoms with Gasteiger partial charge in [-0.15, -0.1) is 12.4 Å². The van der Waals surface area contributed by atoms with E-state index in [-0.39, 0.29) is 30.4 Å². The van der Waals surface area contributed by atoms with Gasteiger partial charge in [-0.25, -0.2) is 0 Å². The maximum atomic E-state index is 12.0. The topological polar surface area (TPSA) is 44.4 Å². The summed E-state index contributed by atoms with van der Waals surface area (Å²) in [6.07, 6.45) is 2.05. The third kappa shape index (κ3) is 6.04. The summed E-state index contributed by atoms with van der Waals surface area (Å²) < 4.78 is 0. The Hall–Kier alpha value is -1.10. The van der Waals surface area contributed by atoms with Crippen molar-refractivity contribution in [1.29, 1.82) is 0 Å². The van der Waals surface area contributed by atoms with Crippen molar-refractivity contribution in [2.75, 3.05) is 20.1 Å². The second kappa shape index (κ2) is 9.03. The summed E-state index contributed by atoms with van der Waals surface area (Å²) in [5.74, 6) is 0.142. The predicted molar refractivity (Wildman–Crippen MR) is 88.7 cm³/mol. The van der Waals surface area contributed by atoms with E-state index >= 15 is 0 Å². The Morgan fingerprint density at radius 2 is 2.14 bits per heavy atom. The molecule has 1 amide bonds. The highest BCUT2D eigenvalue weighted by atomic mass is 35.5. The van der Waals surface area contributed by atoms with Crippen molar-refractivity contribution >= 4 is 18.3 Å². The van der Waals surface area contributed by atoms with Crippen molar-refractivity contribution in [2.24, 2.45) is 0 Å². The SMILES string of the molecule is CC(CN(C)Cc1ccccc1)NC(=O)C1CCCN1.Cl. The van der Waals surface area contributed by atoms with Crippen LogP contribution in [0.25, 0.3) is 0 Å². The highest BCUT2D eigenvalue weighted by Gasteiger charge is 2.23. The number of carbonyl (C=O) groups excluding carboxylic acids is 1. The second-order valence-corrected chi connectivity index (χ2v) is 5.74. The molecule has 0 bridgehead atoms. The molecule has 0 saturated carbocycles. The molecule has 0 aliphatic carbocycles. The Morgan fingerprint density at radius 1 is 1.43 bits per heavy atom. The van der Waals surface area contributed by atoms with Gasteiger partial charge in [0.2, 0.25) is 5.91 Å². The molecule has 4 nitrogen and oxygen atoms in total. The summed E-state index contributed by atoms with van der Waals surface area (Å²) in [6.45, 7) is 4.78. The van der Waals surface area contributed by atoms with Gasteiger partial charge >= 0.3 is 0 Å². The van der Waals surface area contributed by atoms with Crippen LogP contribution in [-0.4, -0.2) is 43.0 Å². The molecule has 1 aliphatic heterocycles. The molecule has 0 spiro atoms. The van der Waals surface area contributed by atoms with E-state index in [4.69, 9.17) is 0 Å². The third-order valence-electron chi connectivity index (χ3n) is 3.65. The summed E-state index contributed by atoms with van der Waals surface area (Å²) in [4.78, 5) is 14.2. The van der Waals surface area contributed by atoms with Crippen LogP contribution >= 0.6 is 12.4 Å². The molecular formula is C16H26ClN3O. The molecule has 21 heavy (non-hydrogen) atoms. The fourth-order valence-corrected chi connectivity index (χ4v) is 2.72. The summed E-state index contributed by atoms with van der Waals surface area (Å²) in [5.41, 5.74) is 1.30. The van der Waals surface area contributed by atoms with Gasteiger partial charge < -0.3 is 15.5 Å². The first-order chi connectivity index (χ1) is 9.65. The summed E-state index contributed by atoms with van der Waals surface area (Å²) in [5, 5.41) is 6.32. The van der Waals surface area contributed by atoms with Crippen molar-refractivity contribution in [3.8, 4) is 0 Å². The smallest absolute Gasteiger partial charge is 0.237 e. The molecule has 118 valence electrons. The van der Waals surface area contributed by atoms with E-state index < -0.39 is 0 Å². The van der Waals surface area contributed by atoms with Crippen molar-refractivity contribution in [3.05, 3.63) is 35.9 Å². The molecule has 1 fully saturated rings. The Balaban J connectivity index is 0.00000220. The van der Waals surface area contributed by atoms with Crippen LogP contribution in [0.15, 0.2) is 30.3 Å². The fraction of sp³-hybridized carbons (Fsp3) is 0.562. The molecule has 2 rings (SSSR count). The number of halogens is 1. The number of benzene rings is 1. The molecule has 1 heterocycles. The van der Waals surface area contributed by atoms with Gasteiger partial charge in [0.1, 0.15) is 0 Å². The molecular weight excluding hydrogens is 286 g/mol. The molecule has 2 N–H and O–H groups in total. The average molecular weight is 312 g/mol. The first kappa shape index (κ1) is 18.0. The monoisotopic (exact) mass is 311 g/mol. The van der Waals surface area contributed by atoms with Crippen LogP contribution in [0.2, 0.25) is 0 Å². The van der Waals surface area contributed by atoms with Gasteiger partial charge in [-0.05, 0) is 38.9 Å². The molecule has 1 aromatic rings. The zero-order chi connectivity index (χ0) is 14.4. The summed E-state index contributed by atoms with van der Waals surface area (Å²) in [7, 11) is 2.09. The van der Waals surface area contributed by atoms with E-state index in [9.17, 15) is 4.79 Å². The molecule has 1 aromatic carbocycles. The second-order valence-electron chi connectivity index (χ2n) is 5.74. The number of likely N-dealkylation sites (N-methyl/N-ethyl adjacent to an activating group) is 1. The van der Waals surface area contributed by atoms with Gasteiger partial charge in [-0.1, -0.05) is 30.3 Å². The van der Waals surface area contributed by atoms with Crippen LogP contribution in [0, 0.1) is 0 Å². The summed E-state index contributed by atoms with van der Waals surface area (Å²) >= 11 is 0. The number of nitrogens with one attached hydrogen (secondary N) is 2. The van der Waals surface area contributed by atoms with Crippen LogP contribution < -0.4 is 10.6 Å². The largest absolute Gasteiger partial charge is 0.351 e. The number of amides is 1. The van der Waals surface area contributed by atoms with E-state index in [0.717, 1.165) is 32.5 Å². The first-order valence-electron chi connectivity index (χ1n) is 7.41. The van der Waals surface area contributed by atoms with Crippen LogP contribution in [0.5, 0.6) is 0 Å². The maximum Gasteiger partial charge on any atom is 0.237 e. The Labute approximate surface area is 133 Å². The average Bonchev–Trinajstić information content (AvgIpc) is 2.93. The third-order valence-corrected chi connectivity index (χ3v) is 3.65. The highest BCUT2D eigenvalue weighted by Crippen LogP contribution is 2.06.